The first-order chi connectivity index (χ1) is 12.3. The number of hydrogen-bond acceptors (Lipinski definition) is 4. The van der Waals surface area contributed by atoms with Gasteiger partial charge in [0.2, 0.25) is 0 Å². The van der Waals surface area contributed by atoms with Gasteiger partial charge in [0.25, 0.3) is 0 Å². The van der Waals surface area contributed by atoms with E-state index in [0.29, 0.717) is 0 Å². The Balaban J connectivity index is 2.52. The molecule has 0 saturated carbocycles. The number of esters is 1. The minimum absolute atomic E-state index is 0.326. The molecule has 0 aromatic heterocycles. The summed E-state index contributed by atoms with van der Waals surface area (Å²) >= 11 is 0. The summed E-state index contributed by atoms with van der Waals surface area (Å²) in [4.78, 5) is 23.9. The zero-order chi connectivity index (χ0) is 19.2. The lowest BCUT2D eigenvalue weighted by Crippen LogP contribution is -2.67. The molecule has 0 radical (unpaired) electrons. The Morgan fingerprint density at radius 2 is 1.42 bits per heavy atom. The Morgan fingerprint density at radius 1 is 0.962 bits per heavy atom. The highest BCUT2D eigenvalue weighted by Crippen LogP contribution is 2.36. The molecule has 0 N–H and O–H groups in total. The fourth-order valence-electron chi connectivity index (χ4n) is 3.04. The molecule has 2 rings (SSSR count). The highest BCUT2D eigenvalue weighted by molar-refractivity contribution is 7.00. The van der Waals surface area contributed by atoms with E-state index in [1.54, 1.807) is 0 Å². The zero-order valence-corrected chi connectivity index (χ0v) is 16.4. The molecule has 0 aliphatic heterocycles. The van der Waals surface area contributed by atoms with Gasteiger partial charge in [-0.2, -0.15) is 0 Å². The van der Waals surface area contributed by atoms with Crippen LogP contribution < -0.4 is 10.4 Å². The minimum Gasteiger partial charge on any atom is -0.507 e. The summed E-state index contributed by atoms with van der Waals surface area (Å²) in [5.41, 5.74) is 0. The Morgan fingerprint density at radius 3 is 1.81 bits per heavy atom. The predicted molar refractivity (Wildman–Crippen MR) is 105 cm³/mol. The molecule has 136 valence electrons. The van der Waals surface area contributed by atoms with Crippen LogP contribution in [0.5, 0.6) is 0 Å². The first-order valence-electron chi connectivity index (χ1n) is 8.43. The van der Waals surface area contributed by atoms with Gasteiger partial charge in [-0.05, 0) is 15.4 Å². The van der Waals surface area contributed by atoms with Gasteiger partial charge in [-0.25, -0.2) is 9.59 Å². The van der Waals surface area contributed by atoms with Crippen LogP contribution >= 0.6 is 0 Å². The van der Waals surface area contributed by atoms with Crippen molar-refractivity contribution in [3.05, 3.63) is 73.3 Å². The van der Waals surface area contributed by atoms with Crippen molar-refractivity contribution in [2.75, 3.05) is 6.61 Å². The van der Waals surface area contributed by atoms with Crippen molar-refractivity contribution in [2.45, 2.75) is 25.8 Å². The van der Waals surface area contributed by atoms with Crippen LogP contribution in [0, 0.1) is 0 Å². The van der Waals surface area contributed by atoms with E-state index in [0.717, 1.165) is 16.4 Å². The Bertz CT molecular complexity index is 724. The van der Waals surface area contributed by atoms with Gasteiger partial charge in [0.05, 0.1) is 0 Å². The fourth-order valence-corrected chi connectivity index (χ4v) is 7.37. The van der Waals surface area contributed by atoms with Crippen molar-refractivity contribution >= 4 is 30.6 Å². The second kappa shape index (κ2) is 8.14. The molecule has 2 aromatic rings. The lowest BCUT2D eigenvalue weighted by atomic mass is 10.2. The molecule has 0 amide bonds. The van der Waals surface area contributed by atoms with Crippen molar-refractivity contribution in [3.63, 3.8) is 0 Å². The molecule has 2 aromatic carbocycles. The molecule has 0 bridgehead atoms. The smallest absolute Gasteiger partial charge is 0.331 e. The van der Waals surface area contributed by atoms with Crippen molar-refractivity contribution < 1.29 is 18.8 Å². The van der Waals surface area contributed by atoms with E-state index >= 15 is 0 Å². The average Bonchev–Trinajstić information content (AvgIpc) is 2.64. The average molecular weight is 369 g/mol. The normalized spacial score (nSPS) is 11.5. The summed E-state index contributed by atoms with van der Waals surface area (Å²) in [6.07, 6.45) is 1.02. The van der Waals surface area contributed by atoms with Gasteiger partial charge >= 0.3 is 20.3 Å². The summed E-state index contributed by atoms with van der Waals surface area (Å²) in [7, 11) is -2.96. The third-order valence-electron chi connectivity index (χ3n) is 4.18. The zero-order valence-electron chi connectivity index (χ0n) is 15.4. The summed E-state index contributed by atoms with van der Waals surface area (Å²) < 4.78 is 11.0. The number of benzene rings is 2. The molecule has 0 aliphatic rings. The number of carbonyl (C=O) groups excluding carboxylic acids is 2. The maximum Gasteiger partial charge on any atom is 0.331 e. The highest BCUT2D eigenvalue weighted by Gasteiger charge is 2.53. The second-order valence-corrected chi connectivity index (χ2v) is 11.2. The second-order valence-electron chi connectivity index (χ2n) is 6.95. The fraction of sp³-hybridized carbons (Fsp3) is 0.238. The largest absolute Gasteiger partial charge is 0.507 e. The van der Waals surface area contributed by atoms with Crippen LogP contribution in [0.2, 0.25) is 5.04 Å². The number of rotatable bonds is 6. The standard InChI is InChI=1S/C21H24O4Si/c1-5-19(22)24-16-20(23)25-26(21(2,3)4,17-12-8-6-9-13-17)18-14-10-7-11-15-18/h5-15H,1,16H2,2-4H3. The highest BCUT2D eigenvalue weighted by atomic mass is 28.4. The van der Waals surface area contributed by atoms with Gasteiger partial charge in [-0.3, -0.25) is 0 Å². The third kappa shape index (κ3) is 4.11. The van der Waals surface area contributed by atoms with E-state index < -0.39 is 26.9 Å². The van der Waals surface area contributed by atoms with Crippen LogP contribution in [-0.4, -0.2) is 26.9 Å². The lowest BCUT2D eigenvalue weighted by Gasteiger charge is -2.42. The quantitative estimate of drug-likeness (QED) is 0.447. The van der Waals surface area contributed by atoms with E-state index in [1.807, 2.05) is 60.7 Å². The van der Waals surface area contributed by atoms with E-state index in [4.69, 9.17) is 9.16 Å². The Kier molecular flexibility index (Phi) is 6.16. The van der Waals surface area contributed by atoms with Crippen molar-refractivity contribution in [1.29, 1.82) is 0 Å². The number of ether oxygens (including phenoxy) is 1. The first kappa shape index (κ1) is 19.7. The molecule has 0 atom stereocenters. The van der Waals surface area contributed by atoms with Crippen LogP contribution in [0.15, 0.2) is 73.3 Å². The topological polar surface area (TPSA) is 52.6 Å². The van der Waals surface area contributed by atoms with Gasteiger partial charge in [-0.15, -0.1) is 0 Å². The third-order valence-corrected chi connectivity index (χ3v) is 9.12. The number of hydrogen-bond donors (Lipinski definition) is 0. The molecular formula is C21H24O4Si. The van der Waals surface area contributed by atoms with Crippen molar-refractivity contribution in [2.24, 2.45) is 0 Å². The minimum atomic E-state index is -2.96. The van der Waals surface area contributed by atoms with Crippen LogP contribution in [0.1, 0.15) is 20.8 Å². The SMILES string of the molecule is C=CC(=O)OCC(=O)O[Si](c1ccccc1)(c1ccccc1)C(C)(C)C. The molecule has 0 fully saturated rings. The maximum atomic E-state index is 12.6. The van der Waals surface area contributed by atoms with E-state index in [2.05, 4.69) is 27.4 Å². The van der Waals surface area contributed by atoms with Crippen LogP contribution in [0.25, 0.3) is 0 Å². The summed E-state index contributed by atoms with van der Waals surface area (Å²) in [5, 5.41) is 1.65. The first-order valence-corrected chi connectivity index (χ1v) is 10.3. The predicted octanol–water partition coefficient (Wildman–Crippen LogP) is 2.82. The molecule has 0 aliphatic carbocycles. The number of carbonyl (C=O) groups is 2. The van der Waals surface area contributed by atoms with Crippen LogP contribution in [0.3, 0.4) is 0 Å². The molecule has 4 nitrogen and oxygen atoms in total. The monoisotopic (exact) mass is 368 g/mol. The Hall–Kier alpha value is -2.66. The van der Waals surface area contributed by atoms with E-state index in [-0.39, 0.29) is 5.04 Å². The van der Waals surface area contributed by atoms with E-state index in [1.165, 1.54) is 0 Å². The summed E-state index contributed by atoms with van der Waals surface area (Å²) in [6.45, 7) is 9.11. The van der Waals surface area contributed by atoms with Gasteiger partial charge in [-0.1, -0.05) is 88.0 Å². The summed E-state index contributed by atoms with van der Waals surface area (Å²) in [5.74, 6) is -1.21. The van der Waals surface area contributed by atoms with Crippen LogP contribution in [0.4, 0.5) is 0 Å². The molecule has 5 heteroatoms. The van der Waals surface area contributed by atoms with Gasteiger partial charge < -0.3 is 9.16 Å². The summed E-state index contributed by atoms with van der Waals surface area (Å²) in [6, 6.07) is 19.6. The lowest BCUT2D eigenvalue weighted by molar-refractivity contribution is -0.150. The van der Waals surface area contributed by atoms with Crippen molar-refractivity contribution in [1.82, 2.24) is 0 Å². The van der Waals surface area contributed by atoms with Gasteiger partial charge in [0.15, 0.2) is 6.61 Å². The maximum absolute atomic E-state index is 12.6. The molecule has 0 spiro atoms. The molecule has 0 heterocycles. The molecule has 0 saturated heterocycles. The van der Waals surface area contributed by atoms with Gasteiger partial charge in [0.1, 0.15) is 0 Å². The molecular weight excluding hydrogens is 344 g/mol. The van der Waals surface area contributed by atoms with Crippen LogP contribution in [-0.2, 0) is 18.8 Å². The molecule has 0 unspecified atom stereocenters. The Labute approximate surface area is 155 Å². The van der Waals surface area contributed by atoms with E-state index in [9.17, 15) is 9.59 Å². The van der Waals surface area contributed by atoms with Gasteiger partial charge in [0, 0.05) is 6.08 Å². The molecule has 26 heavy (non-hydrogen) atoms. The van der Waals surface area contributed by atoms with Crippen molar-refractivity contribution in [3.8, 4) is 0 Å².